The van der Waals surface area contributed by atoms with Crippen molar-refractivity contribution in [2.75, 3.05) is 6.54 Å². The molecule has 0 unspecified atom stereocenters. The Labute approximate surface area is 158 Å². The lowest BCUT2D eigenvalue weighted by molar-refractivity contribution is -0.122. The van der Waals surface area contributed by atoms with E-state index in [-0.39, 0.29) is 30.1 Å². The van der Waals surface area contributed by atoms with E-state index in [4.69, 9.17) is 0 Å². The summed E-state index contributed by atoms with van der Waals surface area (Å²) >= 11 is 3.26. The minimum Gasteiger partial charge on any atom is -0.354 e. The maximum absolute atomic E-state index is 14.3. The number of aromatic nitrogens is 1. The highest BCUT2D eigenvalue weighted by atomic mass is 79.9. The number of hydrogen-bond donors (Lipinski definition) is 1. The lowest BCUT2D eigenvalue weighted by atomic mass is 9.78. The largest absolute Gasteiger partial charge is 0.354 e. The molecule has 26 heavy (non-hydrogen) atoms. The molecule has 0 saturated heterocycles. The minimum atomic E-state index is -0.743. The lowest BCUT2D eigenvalue weighted by Crippen LogP contribution is -2.42. The predicted octanol–water partition coefficient (Wildman–Crippen LogP) is 3.52. The standard InChI is InChI=1S/C19H19BrF2N2O2/c20-13-6-7-17(26)24(10-13)11-16(25)23-12-19(8-1-2-9-19)18-14(21)4-3-5-15(18)22/h3-7,10H,1-2,8-9,11-12H2,(H,23,25). The Hall–Kier alpha value is -2.02. The van der Waals surface area contributed by atoms with Crippen molar-refractivity contribution in [3.63, 3.8) is 0 Å². The van der Waals surface area contributed by atoms with Gasteiger partial charge in [-0.25, -0.2) is 8.78 Å². The number of amides is 1. The summed E-state index contributed by atoms with van der Waals surface area (Å²) in [5, 5.41) is 2.77. The van der Waals surface area contributed by atoms with Crippen molar-refractivity contribution in [1.82, 2.24) is 9.88 Å². The van der Waals surface area contributed by atoms with E-state index >= 15 is 0 Å². The molecule has 4 nitrogen and oxygen atoms in total. The fourth-order valence-electron chi connectivity index (χ4n) is 3.68. The molecule has 1 amide bonds. The molecule has 1 fully saturated rings. The third-order valence-corrected chi connectivity index (χ3v) is 5.41. The molecule has 3 rings (SSSR count). The minimum absolute atomic E-state index is 0.0532. The number of nitrogens with zero attached hydrogens (tertiary/aromatic N) is 1. The Morgan fingerprint density at radius 1 is 1.15 bits per heavy atom. The highest BCUT2D eigenvalue weighted by Crippen LogP contribution is 2.42. The van der Waals surface area contributed by atoms with Crippen LogP contribution in [0.15, 0.2) is 45.8 Å². The van der Waals surface area contributed by atoms with E-state index < -0.39 is 17.0 Å². The summed E-state index contributed by atoms with van der Waals surface area (Å²) in [5.41, 5.74) is -0.982. The third kappa shape index (κ3) is 3.87. The van der Waals surface area contributed by atoms with Gasteiger partial charge in [-0.3, -0.25) is 9.59 Å². The van der Waals surface area contributed by atoms with Crippen LogP contribution >= 0.6 is 15.9 Å². The molecule has 1 N–H and O–H groups in total. The molecular formula is C19H19BrF2N2O2. The van der Waals surface area contributed by atoms with Gasteiger partial charge in [0.15, 0.2) is 0 Å². The van der Waals surface area contributed by atoms with Gasteiger partial charge in [0.1, 0.15) is 18.2 Å². The SMILES string of the molecule is O=C(Cn1cc(Br)ccc1=O)NCC1(c2c(F)cccc2F)CCCC1. The Balaban J connectivity index is 1.76. The smallest absolute Gasteiger partial charge is 0.251 e. The van der Waals surface area contributed by atoms with Crippen LogP contribution in [0, 0.1) is 11.6 Å². The zero-order valence-electron chi connectivity index (χ0n) is 14.1. The Morgan fingerprint density at radius 3 is 2.46 bits per heavy atom. The van der Waals surface area contributed by atoms with E-state index in [9.17, 15) is 18.4 Å². The number of carbonyl (C=O) groups excluding carboxylic acids is 1. The maximum Gasteiger partial charge on any atom is 0.251 e. The van der Waals surface area contributed by atoms with Gasteiger partial charge in [-0.15, -0.1) is 0 Å². The monoisotopic (exact) mass is 424 g/mol. The summed E-state index contributed by atoms with van der Waals surface area (Å²) in [4.78, 5) is 24.1. The molecule has 2 aromatic rings. The predicted molar refractivity (Wildman–Crippen MR) is 97.9 cm³/mol. The van der Waals surface area contributed by atoms with E-state index in [1.807, 2.05) is 0 Å². The quantitative estimate of drug-likeness (QED) is 0.797. The molecule has 0 atom stereocenters. The molecular weight excluding hydrogens is 406 g/mol. The van der Waals surface area contributed by atoms with Gasteiger partial charge < -0.3 is 9.88 Å². The molecule has 1 aliphatic carbocycles. The van der Waals surface area contributed by atoms with Crippen molar-refractivity contribution in [1.29, 1.82) is 0 Å². The van der Waals surface area contributed by atoms with Crippen LogP contribution in [0.5, 0.6) is 0 Å². The molecule has 7 heteroatoms. The van der Waals surface area contributed by atoms with Gasteiger partial charge in [0, 0.05) is 34.3 Å². The summed E-state index contributed by atoms with van der Waals surface area (Å²) < 4.78 is 30.6. The number of benzene rings is 1. The molecule has 0 bridgehead atoms. The maximum atomic E-state index is 14.3. The summed E-state index contributed by atoms with van der Waals surface area (Å²) in [6.45, 7) is 0.000543. The molecule has 138 valence electrons. The fraction of sp³-hybridized carbons (Fsp3) is 0.368. The first kappa shape index (κ1) is 18.8. The summed E-state index contributed by atoms with van der Waals surface area (Å²) in [5.74, 6) is -1.53. The first-order valence-electron chi connectivity index (χ1n) is 8.48. The third-order valence-electron chi connectivity index (χ3n) is 4.94. The zero-order chi connectivity index (χ0) is 18.7. The van der Waals surface area contributed by atoms with Crippen LogP contribution in [-0.2, 0) is 16.8 Å². The van der Waals surface area contributed by atoms with Gasteiger partial charge in [0.05, 0.1) is 0 Å². The van der Waals surface area contributed by atoms with Crippen LogP contribution in [0.3, 0.4) is 0 Å². The van der Waals surface area contributed by atoms with Crippen LogP contribution < -0.4 is 10.9 Å². The molecule has 1 aromatic carbocycles. The van der Waals surface area contributed by atoms with Gasteiger partial charge >= 0.3 is 0 Å². The number of pyridine rings is 1. The van der Waals surface area contributed by atoms with Crippen molar-refractivity contribution in [3.8, 4) is 0 Å². The Kier molecular flexibility index (Phi) is 5.55. The number of carbonyl (C=O) groups is 1. The lowest BCUT2D eigenvalue weighted by Gasteiger charge is -2.30. The first-order chi connectivity index (χ1) is 12.4. The highest BCUT2D eigenvalue weighted by molar-refractivity contribution is 9.10. The second kappa shape index (κ2) is 7.70. The summed E-state index contributed by atoms with van der Waals surface area (Å²) in [7, 11) is 0. The topological polar surface area (TPSA) is 51.1 Å². The van der Waals surface area contributed by atoms with E-state index in [0.29, 0.717) is 17.3 Å². The van der Waals surface area contributed by atoms with Crippen LogP contribution in [0.4, 0.5) is 8.78 Å². The number of halogens is 3. The van der Waals surface area contributed by atoms with Crippen LogP contribution in [0.2, 0.25) is 0 Å². The molecule has 1 aliphatic rings. The van der Waals surface area contributed by atoms with E-state index in [2.05, 4.69) is 21.2 Å². The van der Waals surface area contributed by atoms with Gasteiger partial charge in [-0.1, -0.05) is 18.9 Å². The second-order valence-electron chi connectivity index (χ2n) is 6.67. The van der Waals surface area contributed by atoms with Gasteiger partial charge in [-0.05, 0) is 47.0 Å². The van der Waals surface area contributed by atoms with Crippen LogP contribution in [0.25, 0.3) is 0 Å². The molecule has 0 radical (unpaired) electrons. The fourth-order valence-corrected chi connectivity index (χ4v) is 4.05. The zero-order valence-corrected chi connectivity index (χ0v) is 15.7. The van der Waals surface area contributed by atoms with Crippen LogP contribution in [0.1, 0.15) is 31.2 Å². The molecule has 0 spiro atoms. The van der Waals surface area contributed by atoms with E-state index in [1.165, 1.54) is 35.0 Å². The number of hydrogen-bond acceptors (Lipinski definition) is 2. The molecule has 0 aliphatic heterocycles. The van der Waals surface area contributed by atoms with Crippen molar-refractivity contribution in [2.45, 2.75) is 37.6 Å². The number of nitrogens with one attached hydrogen (secondary N) is 1. The van der Waals surface area contributed by atoms with Crippen molar-refractivity contribution in [2.24, 2.45) is 0 Å². The van der Waals surface area contributed by atoms with E-state index in [1.54, 1.807) is 6.07 Å². The van der Waals surface area contributed by atoms with Gasteiger partial charge in [0.2, 0.25) is 5.91 Å². The van der Waals surface area contributed by atoms with Crippen molar-refractivity contribution < 1.29 is 13.6 Å². The molecule has 1 saturated carbocycles. The van der Waals surface area contributed by atoms with Crippen LogP contribution in [-0.4, -0.2) is 17.0 Å². The summed E-state index contributed by atoms with van der Waals surface area (Å²) in [6, 6.07) is 6.81. The first-order valence-corrected chi connectivity index (χ1v) is 9.28. The van der Waals surface area contributed by atoms with Gasteiger partial charge in [-0.2, -0.15) is 0 Å². The van der Waals surface area contributed by atoms with Gasteiger partial charge in [0.25, 0.3) is 5.56 Å². The second-order valence-corrected chi connectivity index (χ2v) is 7.59. The average Bonchev–Trinajstić information content (AvgIpc) is 3.06. The summed E-state index contributed by atoms with van der Waals surface area (Å²) in [6.07, 6.45) is 4.47. The Bertz CT molecular complexity index is 856. The average molecular weight is 425 g/mol. The number of rotatable bonds is 5. The van der Waals surface area contributed by atoms with E-state index in [0.717, 1.165) is 12.8 Å². The highest BCUT2D eigenvalue weighted by Gasteiger charge is 2.40. The normalized spacial score (nSPS) is 15.8. The Morgan fingerprint density at radius 2 is 1.81 bits per heavy atom. The molecule has 1 heterocycles. The van der Waals surface area contributed by atoms with Crippen molar-refractivity contribution >= 4 is 21.8 Å². The van der Waals surface area contributed by atoms with Crippen molar-refractivity contribution in [3.05, 3.63) is 68.6 Å². The molecule has 1 aromatic heterocycles.